The number of halogens is 2. The van der Waals surface area contributed by atoms with Crippen LogP contribution in [0.4, 0.5) is 0 Å². The predicted molar refractivity (Wildman–Crippen MR) is 53.4 cm³/mol. The molecule has 0 atom stereocenters. The highest BCUT2D eigenvalue weighted by Crippen LogP contribution is 2.30. The second-order valence-electron chi connectivity index (χ2n) is 2.56. The molecule has 2 rings (SSSR count). The van der Waals surface area contributed by atoms with Crippen molar-refractivity contribution in [2.45, 2.75) is 0 Å². The summed E-state index contributed by atoms with van der Waals surface area (Å²) in [5, 5.41) is 5.81. The van der Waals surface area contributed by atoms with Gasteiger partial charge in [-0.2, -0.15) is 5.10 Å². The molecule has 0 unspecified atom stereocenters. The fourth-order valence-electron chi connectivity index (χ4n) is 1.17. The maximum Gasteiger partial charge on any atom is 0.0694 e. The van der Waals surface area contributed by atoms with Crippen LogP contribution in [0.2, 0.25) is 5.02 Å². The van der Waals surface area contributed by atoms with Crippen molar-refractivity contribution in [2.75, 3.05) is 0 Å². The standard InChI is InChI=1S/C8H6BrClN2/c1-12-7-3-2-6(9)8(10)5(7)4-11-12/h2-4H,1H3. The molecule has 0 radical (unpaired) electrons. The molecule has 1 aromatic carbocycles. The van der Waals surface area contributed by atoms with Crippen molar-refractivity contribution in [1.82, 2.24) is 9.78 Å². The topological polar surface area (TPSA) is 17.8 Å². The van der Waals surface area contributed by atoms with E-state index in [0.29, 0.717) is 0 Å². The van der Waals surface area contributed by atoms with E-state index in [1.807, 2.05) is 19.2 Å². The number of rotatable bonds is 0. The second kappa shape index (κ2) is 2.75. The molecule has 2 aromatic rings. The monoisotopic (exact) mass is 244 g/mol. The molecule has 4 heteroatoms. The molecule has 0 saturated carbocycles. The Morgan fingerprint density at radius 1 is 1.50 bits per heavy atom. The van der Waals surface area contributed by atoms with Crippen molar-refractivity contribution >= 4 is 38.4 Å². The van der Waals surface area contributed by atoms with Crippen molar-refractivity contribution in [1.29, 1.82) is 0 Å². The summed E-state index contributed by atoms with van der Waals surface area (Å²) in [5.41, 5.74) is 1.04. The van der Waals surface area contributed by atoms with Gasteiger partial charge in [0.05, 0.1) is 16.7 Å². The van der Waals surface area contributed by atoms with Gasteiger partial charge >= 0.3 is 0 Å². The molecule has 0 amide bonds. The first kappa shape index (κ1) is 8.08. The minimum Gasteiger partial charge on any atom is -0.268 e. The van der Waals surface area contributed by atoms with Crippen molar-refractivity contribution in [3.05, 3.63) is 27.8 Å². The molecule has 1 aromatic heterocycles. The molecule has 0 bridgehead atoms. The smallest absolute Gasteiger partial charge is 0.0694 e. The molecular formula is C8H6BrClN2. The van der Waals surface area contributed by atoms with Crippen LogP contribution in [0.1, 0.15) is 0 Å². The molecule has 2 nitrogen and oxygen atoms in total. The van der Waals surface area contributed by atoms with Crippen molar-refractivity contribution in [3.63, 3.8) is 0 Å². The highest BCUT2D eigenvalue weighted by Gasteiger charge is 2.05. The van der Waals surface area contributed by atoms with E-state index in [1.165, 1.54) is 0 Å². The van der Waals surface area contributed by atoms with E-state index in [2.05, 4.69) is 21.0 Å². The molecule has 0 aliphatic carbocycles. The fraction of sp³-hybridized carbons (Fsp3) is 0.125. The third-order valence-corrected chi connectivity index (χ3v) is 3.11. The van der Waals surface area contributed by atoms with Crippen LogP contribution in [0.15, 0.2) is 22.8 Å². The zero-order valence-electron chi connectivity index (χ0n) is 6.38. The van der Waals surface area contributed by atoms with Crippen molar-refractivity contribution < 1.29 is 0 Å². The van der Waals surface area contributed by atoms with Crippen LogP contribution in [0.25, 0.3) is 10.9 Å². The Hall–Kier alpha value is -0.540. The largest absolute Gasteiger partial charge is 0.268 e. The lowest BCUT2D eigenvalue weighted by atomic mass is 10.2. The summed E-state index contributed by atoms with van der Waals surface area (Å²) in [6.07, 6.45) is 1.77. The van der Waals surface area contributed by atoms with Gasteiger partial charge in [0, 0.05) is 16.9 Å². The van der Waals surface area contributed by atoms with E-state index in [0.717, 1.165) is 20.4 Å². The Bertz CT molecular complexity index is 436. The summed E-state index contributed by atoms with van der Waals surface area (Å²) < 4.78 is 2.71. The molecule has 0 fully saturated rings. The van der Waals surface area contributed by atoms with Gasteiger partial charge in [-0.15, -0.1) is 0 Å². The first-order chi connectivity index (χ1) is 5.70. The molecule has 62 valence electrons. The van der Waals surface area contributed by atoms with Crippen LogP contribution in [0.3, 0.4) is 0 Å². The molecule has 0 N–H and O–H groups in total. The minimum atomic E-state index is 0.723. The maximum absolute atomic E-state index is 6.04. The summed E-state index contributed by atoms with van der Waals surface area (Å²) >= 11 is 9.40. The van der Waals surface area contributed by atoms with Gasteiger partial charge < -0.3 is 0 Å². The Balaban J connectivity index is 2.93. The summed E-state index contributed by atoms with van der Waals surface area (Å²) in [6, 6.07) is 3.91. The minimum absolute atomic E-state index is 0.723. The van der Waals surface area contributed by atoms with Gasteiger partial charge in [0.25, 0.3) is 0 Å². The van der Waals surface area contributed by atoms with Crippen LogP contribution in [0.5, 0.6) is 0 Å². The van der Waals surface area contributed by atoms with E-state index < -0.39 is 0 Å². The third-order valence-electron chi connectivity index (χ3n) is 1.82. The van der Waals surface area contributed by atoms with Gasteiger partial charge in [0.15, 0.2) is 0 Å². The van der Waals surface area contributed by atoms with Crippen molar-refractivity contribution in [3.8, 4) is 0 Å². The van der Waals surface area contributed by atoms with Crippen LogP contribution in [-0.4, -0.2) is 9.78 Å². The van der Waals surface area contributed by atoms with Gasteiger partial charge in [-0.1, -0.05) is 11.6 Å². The zero-order chi connectivity index (χ0) is 8.72. The van der Waals surface area contributed by atoms with Crippen LogP contribution >= 0.6 is 27.5 Å². The van der Waals surface area contributed by atoms with E-state index >= 15 is 0 Å². The summed E-state index contributed by atoms with van der Waals surface area (Å²) in [5.74, 6) is 0. The van der Waals surface area contributed by atoms with E-state index in [1.54, 1.807) is 10.9 Å². The highest BCUT2D eigenvalue weighted by atomic mass is 79.9. The number of nitrogens with zero attached hydrogens (tertiary/aromatic N) is 2. The predicted octanol–water partition coefficient (Wildman–Crippen LogP) is 2.99. The van der Waals surface area contributed by atoms with Gasteiger partial charge in [0.2, 0.25) is 0 Å². The lowest BCUT2D eigenvalue weighted by Crippen LogP contribution is -1.87. The Labute approximate surface area is 83.3 Å². The first-order valence-corrected chi connectivity index (χ1v) is 4.63. The van der Waals surface area contributed by atoms with Gasteiger partial charge in [-0.3, -0.25) is 4.68 Å². The molecule has 0 spiro atoms. The van der Waals surface area contributed by atoms with Crippen LogP contribution in [-0.2, 0) is 7.05 Å². The average molecular weight is 246 g/mol. The number of benzene rings is 1. The van der Waals surface area contributed by atoms with E-state index in [-0.39, 0.29) is 0 Å². The van der Waals surface area contributed by atoms with Crippen molar-refractivity contribution in [2.24, 2.45) is 7.05 Å². The molecule has 1 heterocycles. The number of hydrogen-bond acceptors (Lipinski definition) is 1. The first-order valence-electron chi connectivity index (χ1n) is 3.46. The van der Waals surface area contributed by atoms with Gasteiger partial charge in [-0.25, -0.2) is 0 Å². The van der Waals surface area contributed by atoms with E-state index in [9.17, 15) is 0 Å². The number of fused-ring (bicyclic) bond motifs is 1. The molecule has 0 saturated heterocycles. The summed E-state index contributed by atoms with van der Waals surface area (Å²) in [7, 11) is 1.90. The fourth-order valence-corrected chi connectivity index (χ4v) is 1.72. The normalized spacial score (nSPS) is 10.9. The Morgan fingerprint density at radius 2 is 2.25 bits per heavy atom. The molecule has 12 heavy (non-hydrogen) atoms. The number of hydrogen-bond donors (Lipinski definition) is 0. The Morgan fingerprint density at radius 3 is 3.00 bits per heavy atom. The molecule has 0 aliphatic heterocycles. The quantitative estimate of drug-likeness (QED) is 0.698. The van der Waals surface area contributed by atoms with Crippen LogP contribution in [0, 0.1) is 0 Å². The van der Waals surface area contributed by atoms with Gasteiger partial charge in [0.1, 0.15) is 0 Å². The highest BCUT2D eigenvalue weighted by molar-refractivity contribution is 9.10. The lowest BCUT2D eigenvalue weighted by molar-refractivity contribution is 0.797. The van der Waals surface area contributed by atoms with E-state index in [4.69, 9.17) is 11.6 Å². The Kier molecular flexibility index (Phi) is 1.85. The third kappa shape index (κ3) is 1.04. The average Bonchev–Trinajstić information content (AvgIpc) is 2.41. The second-order valence-corrected chi connectivity index (χ2v) is 3.79. The number of aryl methyl sites for hydroxylation is 1. The zero-order valence-corrected chi connectivity index (χ0v) is 8.72. The SMILES string of the molecule is Cn1ncc2c(Cl)c(Br)ccc21. The molecular weight excluding hydrogens is 239 g/mol. The maximum atomic E-state index is 6.04. The molecule has 0 aliphatic rings. The lowest BCUT2D eigenvalue weighted by Gasteiger charge is -1.97. The summed E-state index contributed by atoms with van der Waals surface area (Å²) in [6.45, 7) is 0. The summed E-state index contributed by atoms with van der Waals surface area (Å²) in [4.78, 5) is 0. The van der Waals surface area contributed by atoms with Gasteiger partial charge in [-0.05, 0) is 28.1 Å². The number of aromatic nitrogens is 2. The van der Waals surface area contributed by atoms with Crippen LogP contribution < -0.4 is 0 Å².